The van der Waals surface area contributed by atoms with Crippen molar-refractivity contribution in [2.24, 2.45) is 0 Å². The first kappa shape index (κ1) is 31.4. The molecule has 0 fully saturated rings. The van der Waals surface area contributed by atoms with Crippen molar-refractivity contribution in [3.8, 4) is 28.0 Å². The summed E-state index contributed by atoms with van der Waals surface area (Å²) in [6.45, 7) is 5.50. The number of ether oxygens (including phenoxy) is 1. The first-order chi connectivity index (χ1) is 22.3. The average molecular weight is 659 g/mol. The molecule has 0 aliphatic heterocycles. The Hall–Kier alpha value is -5.63. The summed E-state index contributed by atoms with van der Waals surface area (Å²) in [6, 6.07) is 13.1. The molecule has 0 aliphatic carbocycles. The second-order valence-electron chi connectivity index (χ2n) is 10.9. The van der Waals surface area contributed by atoms with Gasteiger partial charge >= 0.3 is 6.09 Å². The molecule has 14 heteroatoms. The third kappa shape index (κ3) is 5.90. The number of nitrogens with one attached hydrogen (secondary N) is 1. The molecule has 11 nitrogen and oxygen atoms in total. The maximum absolute atomic E-state index is 14.0. The Bertz CT molecular complexity index is 2280. The molecule has 6 rings (SSSR count). The van der Waals surface area contributed by atoms with E-state index in [2.05, 4.69) is 20.4 Å². The largest absolute Gasteiger partial charge is 0.493 e. The molecule has 2 aromatic carbocycles. The van der Waals surface area contributed by atoms with Gasteiger partial charge in [0.15, 0.2) is 17.2 Å². The van der Waals surface area contributed by atoms with Gasteiger partial charge in [-0.25, -0.2) is 35.9 Å². The molecule has 0 bridgehead atoms. The van der Waals surface area contributed by atoms with Crippen LogP contribution in [0, 0.1) is 32.4 Å². The number of carboxylic acid groups (broad SMARTS) is 1. The van der Waals surface area contributed by atoms with Gasteiger partial charge in [0.25, 0.3) is 10.0 Å². The highest BCUT2D eigenvalue weighted by atomic mass is 32.2. The van der Waals surface area contributed by atoms with Gasteiger partial charge in [-0.15, -0.1) is 0 Å². The number of halogens is 2. The molecule has 4 aromatic heterocycles. The Balaban J connectivity index is 1.55. The monoisotopic (exact) mass is 658 g/mol. The number of aromatic nitrogens is 5. The zero-order valence-electron chi connectivity index (χ0n) is 25.6. The van der Waals surface area contributed by atoms with Gasteiger partial charge < -0.3 is 9.84 Å². The van der Waals surface area contributed by atoms with Crippen LogP contribution in [-0.2, 0) is 16.6 Å². The summed E-state index contributed by atoms with van der Waals surface area (Å²) in [7, 11) is -2.72. The maximum Gasteiger partial charge on any atom is 0.410 e. The van der Waals surface area contributed by atoms with Crippen molar-refractivity contribution >= 4 is 33.0 Å². The summed E-state index contributed by atoms with van der Waals surface area (Å²) in [5.74, 6) is -1.23. The summed E-state index contributed by atoms with van der Waals surface area (Å²) in [4.78, 5) is 20.0. The molecule has 0 saturated carbocycles. The van der Waals surface area contributed by atoms with Gasteiger partial charge in [0.05, 0.1) is 24.2 Å². The van der Waals surface area contributed by atoms with E-state index in [0.717, 1.165) is 15.6 Å². The lowest BCUT2D eigenvalue weighted by molar-refractivity contribution is 0.209. The average Bonchev–Trinajstić information content (AvgIpc) is 3.52. The topological polar surface area (TPSA) is 141 Å². The van der Waals surface area contributed by atoms with E-state index in [9.17, 15) is 22.0 Å². The Labute approximate surface area is 268 Å². The number of hydrogen-bond donors (Lipinski definition) is 2. The van der Waals surface area contributed by atoms with Crippen molar-refractivity contribution in [1.29, 1.82) is 0 Å². The minimum Gasteiger partial charge on any atom is -0.493 e. The van der Waals surface area contributed by atoms with E-state index >= 15 is 0 Å². The number of anilines is 1. The van der Waals surface area contributed by atoms with Crippen molar-refractivity contribution < 1.29 is 31.8 Å². The van der Waals surface area contributed by atoms with Crippen molar-refractivity contribution in [3.63, 3.8) is 0 Å². The van der Waals surface area contributed by atoms with Gasteiger partial charge in [-0.05, 0) is 62.7 Å². The fourth-order valence-corrected chi connectivity index (χ4v) is 6.84. The smallest absolute Gasteiger partial charge is 0.410 e. The molecule has 0 spiro atoms. The zero-order valence-corrected chi connectivity index (χ0v) is 26.4. The first-order valence-electron chi connectivity index (χ1n) is 14.2. The van der Waals surface area contributed by atoms with Gasteiger partial charge in [0, 0.05) is 58.0 Å². The predicted molar refractivity (Wildman–Crippen MR) is 171 cm³/mol. The quantitative estimate of drug-likeness (QED) is 0.188. The Morgan fingerprint density at radius 3 is 2.28 bits per heavy atom. The van der Waals surface area contributed by atoms with Crippen LogP contribution in [0.5, 0.6) is 5.75 Å². The second kappa shape index (κ2) is 11.9. The molecule has 1 amide bonds. The van der Waals surface area contributed by atoms with E-state index in [1.165, 1.54) is 50.0 Å². The zero-order chi connectivity index (χ0) is 33.6. The van der Waals surface area contributed by atoms with Gasteiger partial charge in [0.1, 0.15) is 11.6 Å². The van der Waals surface area contributed by atoms with E-state index in [0.29, 0.717) is 44.6 Å². The summed E-state index contributed by atoms with van der Waals surface area (Å²) in [5.41, 5.74) is 4.85. The van der Waals surface area contributed by atoms with Crippen LogP contribution in [0.3, 0.4) is 0 Å². The number of fused-ring (bicyclic) bond motifs is 1. The Kier molecular flexibility index (Phi) is 7.97. The molecule has 6 aromatic rings. The lowest BCUT2D eigenvalue weighted by Gasteiger charge is -2.10. The molecule has 2 N–H and O–H groups in total. The number of methoxy groups -OCH3 is 1. The minimum atomic E-state index is -4.10. The van der Waals surface area contributed by atoms with E-state index in [4.69, 9.17) is 9.84 Å². The molecule has 0 radical (unpaired) electrons. The lowest BCUT2D eigenvalue weighted by atomic mass is 10.0. The van der Waals surface area contributed by atoms with E-state index in [-0.39, 0.29) is 28.7 Å². The van der Waals surface area contributed by atoms with Crippen LogP contribution in [0.15, 0.2) is 78.1 Å². The van der Waals surface area contributed by atoms with Crippen molar-refractivity contribution in [2.45, 2.75) is 32.2 Å². The molecule has 4 heterocycles. The van der Waals surface area contributed by atoms with Crippen molar-refractivity contribution in [3.05, 3.63) is 107 Å². The van der Waals surface area contributed by atoms with Crippen LogP contribution in [0.25, 0.3) is 33.3 Å². The number of hydrogen-bond acceptors (Lipinski definition) is 7. The Morgan fingerprint density at radius 1 is 0.957 bits per heavy atom. The van der Waals surface area contributed by atoms with E-state index in [1.54, 1.807) is 42.8 Å². The normalized spacial score (nSPS) is 11.6. The molecule has 0 aliphatic rings. The molecule has 240 valence electrons. The second-order valence-corrected chi connectivity index (χ2v) is 12.8. The fraction of sp³-hybridized carbons (Fsp3) is 0.152. The lowest BCUT2D eigenvalue weighted by Crippen LogP contribution is -2.12. The molecular weight excluding hydrogens is 630 g/mol. The van der Waals surface area contributed by atoms with Gasteiger partial charge in [0.2, 0.25) is 0 Å². The number of aryl methyl sites for hydroxylation is 2. The summed E-state index contributed by atoms with van der Waals surface area (Å²) >= 11 is 0. The Morgan fingerprint density at radius 2 is 1.62 bits per heavy atom. The third-order valence-corrected chi connectivity index (χ3v) is 9.39. The third-order valence-electron chi connectivity index (χ3n) is 7.73. The van der Waals surface area contributed by atoms with Gasteiger partial charge in [-0.2, -0.15) is 5.10 Å². The highest BCUT2D eigenvalue weighted by molar-refractivity contribution is 7.90. The SMILES string of the molecule is COc1cc(-c2cnc3c(c2)c(-c2c(C)nn(Cc4cc(F)cc(F)c4)c2C)cn3S(=O)(=O)c2ccc(C)cc2)cnc1NC(=O)O. The van der Waals surface area contributed by atoms with Crippen LogP contribution in [0.1, 0.15) is 22.5 Å². The highest BCUT2D eigenvalue weighted by Crippen LogP contribution is 2.38. The number of pyridine rings is 2. The molecule has 47 heavy (non-hydrogen) atoms. The maximum atomic E-state index is 14.0. The van der Waals surface area contributed by atoms with Crippen LogP contribution in [-0.4, -0.2) is 50.4 Å². The van der Waals surface area contributed by atoms with Crippen LogP contribution in [0.2, 0.25) is 0 Å². The van der Waals surface area contributed by atoms with E-state index in [1.807, 2.05) is 6.92 Å². The summed E-state index contributed by atoms with van der Waals surface area (Å²) < 4.78 is 64.0. The first-order valence-corrected chi connectivity index (χ1v) is 15.7. The molecule has 0 atom stereocenters. The molecular formula is C33H28F2N6O5S. The molecule has 0 unspecified atom stereocenters. The van der Waals surface area contributed by atoms with Crippen molar-refractivity contribution in [1.82, 2.24) is 23.7 Å². The summed E-state index contributed by atoms with van der Waals surface area (Å²) in [6.07, 6.45) is 3.14. The van der Waals surface area contributed by atoms with Crippen molar-refractivity contribution in [2.75, 3.05) is 12.4 Å². The molecule has 0 saturated heterocycles. The highest BCUT2D eigenvalue weighted by Gasteiger charge is 2.26. The number of rotatable bonds is 8. The minimum absolute atomic E-state index is 0.00524. The van der Waals surface area contributed by atoms with Crippen LogP contribution >= 0.6 is 0 Å². The van der Waals surface area contributed by atoms with Gasteiger partial charge in [-0.3, -0.25) is 10.00 Å². The van der Waals surface area contributed by atoms with E-state index < -0.39 is 27.8 Å². The number of amides is 1. The fourth-order valence-electron chi connectivity index (χ4n) is 5.51. The number of carbonyl (C=O) groups is 1. The number of nitrogens with zero attached hydrogens (tertiary/aromatic N) is 5. The standard InChI is InChI=1S/C33H28F2N6O5S/c1-18-5-7-26(8-6-18)47(44,45)41-17-28(30-19(2)39-40(20(30)3)16-21-9-24(34)13-25(35)10-21)27-11-22(15-37-32(27)41)23-12-29(46-4)31(36-14-23)38-33(42)43/h5-15,17H,16H2,1-4H3,(H,36,38)(H,42,43). The van der Waals surface area contributed by atoms with Gasteiger partial charge in [-0.1, -0.05) is 17.7 Å². The van der Waals surface area contributed by atoms with Crippen LogP contribution < -0.4 is 10.1 Å². The predicted octanol–water partition coefficient (Wildman–Crippen LogP) is 6.55. The number of benzene rings is 2. The summed E-state index contributed by atoms with van der Waals surface area (Å²) in [5, 5.41) is 16.4. The van der Waals surface area contributed by atoms with Crippen LogP contribution in [0.4, 0.5) is 19.4 Å².